The summed E-state index contributed by atoms with van der Waals surface area (Å²) in [4.78, 5) is 27.8. The molecule has 5 N–H and O–H groups in total. The van der Waals surface area contributed by atoms with Gasteiger partial charge in [0.1, 0.15) is 24.9 Å². The van der Waals surface area contributed by atoms with Gasteiger partial charge in [0.05, 0.1) is 7.98 Å². The Morgan fingerprint density at radius 1 is 1.41 bits per heavy atom. The fourth-order valence-corrected chi connectivity index (χ4v) is 1.21. The maximum absolute atomic E-state index is 11.1. The molecule has 0 unspecified atom stereocenters. The van der Waals surface area contributed by atoms with Crippen LogP contribution in [0.25, 0.3) is 0 Å². The summed E-state index contributed by atoms with van der Waals surface area (Å²) < 4.78 is 25.2. The molecule has 0 aromatic rings. The van der Waals surface area contributed by atoms with Gasteiger partial charge in [-0.05, 0) is 0 Å². The number of methoxy groups -OCH3 is 1. The number of rotatable bonds is 8. The van der Waals surface area contributed by atoms with Crippen LogP contribution in [0.4, 0.5) is 0 Å². The molecule has 0 saturated carbocycles. The van der Waals surface area contributed by atoms with Gasteiger partial charge in [0.15, 0.2) is 5.78 Å². The van der Waals surface area contributed by atoms with Crippen molar-refractivity contribution in [2.75, 3.05) is 20.3 Å². The molecule has 17 heavy (non-hydrogen) atoms. The largest absolute Gasteiger partial charge is 0.469 e. The minimum atomic E-state index is -4.82. The highest BCUT2D eigenvalue weighted by atomic mass is 31.2. The van der Waals surface area contributed by atoms with E-state index in [1.165, 1.54) is 0 Å². The zero-order valence-corrected chi connectivity index (χ0v) is 9.56. The molecular formula is C7H15O9P. The van der Waals surface area contributed by atoms with Gasteiger partial charge in [-0.25, -0.2) is 4.57 Å². The van der Waals surface area contributed by atoms with Crippen LogP contribution in [-0.2, 0) is 18.6 Å². The van der Waals surface area contributed by atoms with Crippen LogP contribution in [0.3, 0.4) is 0 Å². The number of ether oxygens (including phenoxy) is 1. The van der Waals surface area contributed by atoms with E-state index in [1.54, 1.807) is 0 Å². The number of carbonyl (C=O) groups is 1. The summed E-state index contributed by atoms with van der Waals surface area (Å²) in [6.07, 6.45) is -5.86. The van der Waals surface area contributed by atoms with Gasteiger partial charge in [-0.3, -0.25) is 9.32 Å². The number of aliphatic hydroxyl groups excluding tert-OH is 3. The molecule has 0 fully saturated rings. The molecule has 0 aromatic carbocycles. The highest BCUT2D eigenvalue weighted by Gasteiger charge is 2.31. The van der Waals surface area contributed by atoms with Gasteiger partial charge in [-0.1, -0.05) is 0 Å². The lowest BCUT2D eigenvalue weighted by Crippen LogP contribution is -2.45. The van der Waals surface area contributed by atoms with Crippen LogP contribution in [0.15, 0.2) is 0 Å². The van der Waals surface area contributed by atoms with Crippen molar-refractivity contribution < 1.29 is 45.1 Å². The Labute approximate surface area is 98.2 Å². The minimum Gasteiger partial charge on any atom is -0.388 e. The standard InChI is InChI=1S/C7H15O9P/c1-15-2-4(8)6(10)7(11)5(9)3-16-17(12,13)14/h5-7,9-11H,2-3H2,1H3,(H2,12,13,14)/t5-,6-,7-/m1/s1/i1D. The number of phosphoric ester groups is 1. The second kappa shape index (κ2) is 7.14. The first kappa shape index (κ1) is 14.7. The molecule has 0 aliphatic rings. The zero-order valence-electron chi connectivity index (χ0n) is 9.67. The first-order chi connectivity index (χ1) is 8.19. The van der Waals surface area contributed by atoms with Crippen molar-refractivity contribution in [2.45, 2.75) is 18.3 Å². The fourth-order valence-electron chi connectivity index (χ4n) is 0.859. The first-order valence-corrected chi connectivity index (χ1v) is 5.86. The van der Waals surface area contributed by atoms with Gasteiger partial charge >= 0.3 is 7.82 Å². The predicted octanol–water partition coefficient (Wildman–Crippen LogP) is -2.61. The zero-order chi connectivity index (χ0) is 14.3. The smallest absolute Gasteiger partial charge is 0.388 e. The summed E-state index contributed by atoms with van der Waals surface area (Å²) in [6, 6.07) is 0. The van der Waals surface area contributed by atoms with E-state index in [9.17, 15) is 24.7 Å². The Balaban J connectivity index is 4.23. The number of hydrogen-bond acceptors (Lipinski definition) is 7. The summed E-state index contributed by atoms with van der Waals surface area (Å²) in [5, 5.41) is 27.8. The summed E-state index contributed by atoms with van der Waals surface area (Å²) >= 11 is 0. The van der Waals surface area contributed by atoms with E-state index in [2.05, 4.69) is 9.26 Å². The Bertz CT molecular complexity index is 305. The van der Waals surface area contributed by atoms with Crippen LogP contribution < -0.4 is 0 Å². The lowest BCUT2D eigenvalue weighted by Gasteiger charge is -2.21. The highest BCUT2D eigenvalue weighted by molar-refractivity contribution is 7.46. The second-order valence-corrected chi connectivity index (χ2v) is 4.34. The van der Waals surface area contributed by atoms with Crippen LogP contribution in [-0.4, -0.2) is 69.5 Å². The Hall–Kier alpha value is -0.380. The molecule has 0 heterocycles. The maximum Gasteiger partial charge on any atom is 0.469 e. The van der Waals surface area contributed by atoms with Crippen molar-refractivity contribution in [2.24, 2.45) is 0 Å². The van der Waals surface area contributed by atoms with Gasteiger partial charge in [-0.2, -0.15) is 0 Å². The topological polar surface area (TPSA) is 154 Å². The Kier molecular flexibility index (Phi) is 6.17. The molecule has 0 rings (SSSR count). The normalized spacial score (nSPS) is 18.3. The third-order valence-corrected chi connectivity index (χ3v) is 2.19. The Morgan fingerprint density at radius 2 is 2.00 bits per heavy atom. The summed E-state index contributed by atoms with van der Waals surface area (Å²) in [6.45, 7) is -1.59. The maximum atomic E-state index is 11.1. The number of hydrogen-bond donors (Lipinski definition) is 5. The van der Waals surface area contributed by atoms with Crippen molar-refractivity contribution in [3.63, 3.8) is 0 Å². The van der Waals surface area contributed by atoms with Gasteiger partial charge in [0.25, 0.3) is 0 Å². The second-order valence-electron chi connectivity index (χ2n) is 3.10. The number of aliphatic hydroxyl groups is 3. The van der Waals surface area contributed by atoms with Crippen LogP contribution in [0, 0.1) is 0 Å². The highest BCUT2D eigenvalue weighted by Crippen LogP contribution is 2.35. The van der Waals surface area contributed by atoms with Gasteiger partial charge in [-0.15, -0.1) is 0 Å². The third-order valence-electron chi connectivity index (χ3n) is 1.71. The molecule has 0 amide bonds. The summed E-state index contributed by atoms with van der Waals surface area (Å²) in [5.74, 6) is -0.982. The van der Waals surface area contributed by atoms with E-state index < -0.39 is 52.2 Å². The van der Waals surface area contributed by atoms with Crippen molar-refractivity contribution in [3.05, 3.63) is 0 Å². The van der Waals surface area contributed by atoms with Crippen molar-refractivity contribution in [1.29, 1.82) is 0 Å². The number of phosphoric acid groups is 1. The van der Waals surface area contributed by atoms with Crippen molar-refractivity contribution in [1.82, 2.24) is 0 Å². The molecule has 0 saturated heterocycles. The Morgan fingerprint density at radius 3 is 2.47 bits per heavy atom. The molecule has 0 radical (unpaired) electrons. The number of carbonyl (C=O) groups excluding carboxylic acids is 1. The SMILES string of the molecule is [2H]COCC(=O)[C@@H](O)[C@H](O)[C@H](O)COP(=O)(O)O. The molecule has 0 bridgehead atoms. The molecule has 0 aliphatic heterocycles. The van der Waals surface area contributed by atoms with Crippen molar-refractivity contribution in [3.8, 4) is 0 Å². The summed E-state index contributed by atoms with van der Waals surface area (Å²) in [5.41, 5.74) is 0. The van der Waals surface area contributed by atoms with E-state index in [0.29, 0.717) is 0 Å². The molecule has 0 aliphatic carbocycles. The number of Topliss-reactive ketones (excluding diaryl/α,β-unsaturated/α-hetero) is 1. The predicted molar refractivity (Wildman–Crippen MR) is 52.9 cm³/mol. The van der Waals surface area contributed by atoms with Crippen molar-refractivity contribution >= 4 is 13.6 Å². The van der Waals surface area contributed by atoms with Crippen LogP contribution in [0.5, 0.6) is 0 Å². The average Bonchev–Trinajstić information content (AvgIpc) is 2.29. The van der Waals surface area contributed by atoms with E-state index in [0.717, 1.165) is 0 Å². The van der Waals surface area contributed by atoms with E-state index in [1.807, 2.05) is 0 Å². The molecular weight excluding hydrogens is 259 g/mol. The van der Waals surface area contributed by atoms with Gasteiger partial charge < -0.3 is 29.8 Å². The lowest BCUT2D eigenvalue weighted by molar-refractivity contribution is -0.143. The average molecular weight is 275 g/mol. The molecule has 0 aromatic heterocycles. The molecule has 0 spiro atoms. The molecule has 102 valence electrons. The minimum absolute atomic E-state index is 0.515. The van der Waals surface area contributed by atoms with E-state index in [-0.39, 0.29) is 0 Å². The quantitative estimate of drug-likeness (QED) is 0.300. The molecule has 9 nitrogen and oxygen atoms in total. The monoisotopic (exact) mass is 275 g/mol. The van der Waals surface area contributed by atoms with E-state index in [4.69, 9.17) is 11.2 Å². The fraction of sp³-hybridized carbons (Fsp3) is 0.857. The summed E-state index contributed by atoms with van der Waals surface area (Å²) in [7, 11) is -5.33. The number of ketones is 1. The van der Waals surface area contributed by atoms with Gasteiger partial charge in [0, 0.05) is 7.09 Å². The van der Waals surface area contributed by atoms with E-state index >= 15 is 0 Å². The van der Waals surface area contributed by atoms with Crippen LogP contribution >= 0.6 is 7.82 Å². The lowest BCUT2D eigenvalue weighted by atomic mass is 10.1. The molecule has 10 heteroatoms. The van der Waals surface area contributed by atoms with Gasteiger partial charge in [0.2, 0.25) is 0 Å². The van der Waals surface area contributed by atoms with Crippen LogP contribution in [0.2, 0.25) is 0 Å². The molecule has 3 atom stereocenters. The third kappa shape index (κ3) is 6.81. The first-order valence-electron chi connectivity index (χ1n) is 5.03. The van der Waals surface area contributed by atoms with Crippen LogP contribution in [0.1, 0.15) is 1.37 Å².